The molecule has 0 bridgehead atoms. The maximum atomic E-state index is 12.1. The molecule has 5 heteroatoms. The third-order valence-electron chi connectivity index (χ3n) is 3.14. The van der Waals surface area contributed by atoms with Crippen molar-refractivity contribution >= 4 is 17.4 Å². The first-order valence-electron chi connectivity index (χ1n) is 6.19. The van der Waals surface area contributed by atoms with E-state index in [0.717, 1.165) is 23.7 Å². The highest BCUT2D eigenvalue weighted by molar-refractivity contribution is 7.09. The van der Waals surface area contributed by atoms with E-state index in [1.807, 2.05) is 24.1 Å². The average molecular weight is 265 g/mol. The van der Waals surface area contributed by atoms with Gasteiger partial charge in [0.15, 0.2) is 0 Å². The lowest BCUT2D eigenvalue weighted by Crippen LogP contribution is -2.43. The Morgan fingerprint density at radius 3 is 2.89 bits per heavy atom. The maximum Gasteiger partial charge on any atom is 0.318 e. The molecule has 1 aliphatic heterocycles. The van der Waals surface area contributed by atoms with E-state index >= 15 is 0 Å². The molecule has 0 unspecified atom stereocenters. The second-order valence-electron chi connectivity index (χ2n) is 4.71. The number of rotatable bonds is 2. The van der Waals surface area contributed by atoms with Crippen molar-refractivity contribution in [2.75, 3.05) is 13.1 Å². The number of thiazole rings is 1. The fourth-order valence-corrected chi connectivity index (χ4v) is 2.59. The van der Waals surface area contributed by atoms with Crippen LogP contribution in [0.25, 0.3) is 0 Å². The normalized spacial score (nSPS) is 17.3. The molecule has 2 rings (SSSR count). The van der Waals surface area contributed by atoms with Gasteiger partial charge in [-0.25, -0.2) is 9.78 Å². The van der Waals surface area contributed by atoms with E-state index in [4.69, 9.17) is 0 Å². The van der Waals surface area contributed by atoms with E-state index < -0.39 is 0 Å². The summed E-state index contributed by atoms with van der Waals surface area (Å²) in [5.41, 5.74) is 2.30. The predicted octanol–water partition coefficient (Wildman–Crippen LogP) is 2.87. The van der Waals surface area contributed by atoms with E-state index in [2.05, 4.69) is 23.3 Å². The number of nitrogens with one attached hydrogen (secondary N) is 1. The molecule has 0 radical (unpaired) electrons. The first-order valence-corrected chi connectivity index (χ1v) is 7.07. The summed E-state index contributed by atoms with van der Waals surface area (Å²) in [4.78, 5) is 18.3. The molecule has 1 atom stereocenters. The summed E-state index contributed by atoms with van der Waals surface area (Å²) in [7, 11) is 0. The second-order valence-corrected chi connectivity index (χ2v) is 5.77. The van der Waals surface area contributed by atoms with Gasteiger partial charge in [-0.2, -0.15) is 0 Å². The van der Waals surface area contributed by atoms with Gasteiger partial charge >= 0.3 is 6.03 Å². The summed E-state index contributed by atoms with van der Waals surface area (Å²) in [6, 6.07) is -0.0358. The van der Waals surface area contributed by atoms with Gasteiger partial charge in [-0.1, -0.05) is 11.6 Å². The van der Waals surface area contributed by atoms with Crippen LogP contribution in [0.3, 0.4) is 0 Å². The molecule has 0 aliphatic carbocycles. The second kappa shape index (κ2) is 5.52. The minimum Gasteiger partial charge on any atom is -0.330 e. The van der Waals surface area contributed by atoms with Gasteiger partial charge in [-0.05, 0) is 27.2 Å². The smallest absolute Gasteiger partial charge is 0.318 e. The molecule has 1 aromatic rings. The van der Waals surface area contributed by atoms with Crippen LogP contribution in [-0.4, -0.2) is 29.0 Å². The van der Waals surface area contributed by atoms with Gasteiger partial charge in [-0.15, -0.1) is 11.3 Å². The Morgan fingerprint density at radius 1 is 1.56 bits per heavy atom. The molecule has 1 aliphatic rings. The van der Waals surface area contributed by atoms with Crippen molar-refractivity contribution in [2.24, 2.45) is 0 Å². The third-order valence-corrected chi connectivity index (χ3v) is 3.94. The number of aromatic nitrogens is 1. The highest BCUT2D eigenvalue weighted by Crippen LogP contribution is 2.16. The lowest BCUT2D eigenvalue weighted by Gasteiger charge is -2.27. The van der Waals surface area contributed by atoms with Crippen molar-refractivity contribution in [3.05, 3.63) is 27.7 Å². The van der Waals surface area contributed by atoms with E-state index in [-0.39, 0.29) is 12.1 Å². The van der Waals surface area contributed by atoms with Crippen LogP contribution in [0, 0.1) is 6.92 Å². The Labute approximate surface area is 112 Å². The predicted molar refractivity (Wildman–Crippen MR) is 73.7 cm³/mol. The summed E-state index contributed by atoms with van der Waals surface area (Å²) in [6.07, 6.45) is 3.08. The zero-order valence-electron chi connectivity index (χ0n) is 11.1. The largest absolute Gasteiger partial charge is 0.330 e. The van der Waals surface area contributed by atoms with Gasteiger partial charge in [0.2, 0.25) is 0 Å². The molecule has 0 spiro atoms. The maximum absolute atomic E-state index is 12.1. The lowest BCUT2D eigenvalue weighted by molar-refractivity contribution is 0.198. The summed E-state index contributed by atoms with van der Waals surface area (Å²) < 4.78 is 0. The molecular formula is C13H19N3OS. The quantitative estimate of drug-likeness (QED) is 0.836. The first kappa shape index (κ1) is 13.1. The monoisotopic (exact) mass is 265 g/mol. The van der Waals surface area contributed by atoms with E-state index in [0.29, 0.717) is 6.54 Å². The van der Waals surface area contributed by atoms with Crippen molar-refractivity contribution < 1.29 is 4.79 Å². The number of amides is 2. The summed E-state index contributed by atoms with van der Waals surface area (Å²) in [6.45, 7) is 7.56. The van der Waals surface area contributed by atoms with Crippen molar-refractivity contribution in [1.29, 1.82) is 0 Å². The third kappa shape index (κ3) is 3.10. The van der Waals surface area contributed by atoms with Crippen molar-refractivity contribution in [1.82, 2.24) is 15.2 Å². The number of carbonyl (C=O) groups is 1. The van der Waals surface area contributed by atoms with Crippen LogP contribution in [0.5, 0.6) is 0 Å². The molecule has 0 aromatic carbocycles. The zero-order valence-corrected chi connectivity index (χ0v) is 11.9. The topological polar surface area (TPSA) is 45.2 Å². The van der Waals surface area contributed by atoms with Gasteiger partial charge in [0.25, 0.3) is 0 Å². The van der Waals surface area contributed by atoms with Crippen molar-refractivity contribution in [2.45, 2.75) is 33.2 Å². The summed E-state index contributed by atoms with van der Waals surface area (Å²) >= 11 is 1.61. The fourth-order valence-electron chi connectivity index (χ4n) is 1.88. The van der Waals surface area contributed by atoms with Gasteiger partial charge in [0.1, 0.15) is 0 Å². The summed E-state index contributed by atoms with van der Waals surface area (Å²) in [5.74, 6) is 0. The average Bonchev–Trinajstić information content (AvgIpc) is 2.76. The lowest BCUT2D eigenvalue weighted by atomic mass is 10.1. The Balaban J connectivity index is 1.91. The molecule has 4 nitrogen and oxygen atoms in total. The molecule has 0 saturated carbocycles. The highest BCUT2D eigenvalue weighted by Gasteiger charge is 2.18. The zero-order chi connectivity index (χ0) is 13.1. The van der Waals surface area contributed by atoms with Crippen LogP contribution in [0.15, 0.2) is 17.0 Å². The van der Waals surface area contributed by atoms with E-state index in [1.54, 1.807) is 11.3 Å². The minimum atomic E-state index is -0.0329. The molecule has 98 valence electrons. The molecule has 2 heterocycles. The molecule has 0 saturated heterocycles. The Morgan fingerprint density at radius 2 is 2.33 bits per heavy atom. The number of nitrogens with zero attached hydrogens (tertiary/aromatic N) is 2. The number of aryl methyl sites for hydroxylation is 1. The molecule has 1 N–H and O–H groups in total. The van der Waals surface area contributed by atoms with E-state index in [9.17, 15) is 4.79 Å². The highest BCUT2D eigenvalue weighted by atomic mass is 32.1. The van der Waals surface area contributed by atoms with Crippen molar-refractivity contribution in [3.8, 4) is 0 Å². The Hall–Kier alpha value is -1.36. The molecule has 18 heavy (non-hydrogen) atoms. The number of hydrogen-bond donors (Lipinski definition) is 1. The summed E-state index contributed by atoms with van der Waals surface area (Å²) in [5, 5.41) is 6.03. The molecule has 2 amide bonds. The van der Waals surface area contributed by atoms with Gasteiger partial charge in [-0.3, -0.25) is 0 Å². The van der Waals surface area contributed by atoms with Gasteiger partial charge in [0.05, 0.1) is 16.7 Å². The number of carbonyl (C=O) groups excluding carboxylic acids is 1. The van der Waals surface area contributed by atoms with E-state index in [1.165, 1.54) is 5.57 Å². The van der Waals surface area contributed by atoms with Crippen LogP contribution in [0.1, 0.15) is 37.0 Å². The SMILES string of the molecule is CC1=CCN(C(=O)N[C@H](C)c2csc(C)n2)CC1. The standard InChI is InChI=1S/C13H19N3OS/c1-9-4-6-16(7-5-9)13(17)14-10(2)12-8-18-11(3)15-12/h4,8,10H,5-7H2,1-3H3,(H,14,17)/t10-/m1/s1. The first-order chi connectivity index (χ1) is 8.56. The van der Waals surface area contributed by atoms with Crippen LogP contribution in [0.2, 0.25) is 0 Å². The van der Waals surface area contributed by atoms with Crippen LogP contribution in [0.4, 0.5) is 4.79 Å². The Kier molecular flexibility index (Phi) is 4.01. The minimum absolute atomic E-state index is 0.00287. The van der Waals surface area contributed by atoms with Crippen LogP contribution < -0.4 is 5.32 Å². The molecule has 1 aromatic heterocycles. The Bertz CT molecular complexity index is 467. The molecular weight excluding hydrogens is 246 g/mol. The number of hydrogen-bond acceptors (Lipinski definition) is 3. The van der Waals surface area contributed by atoms with Crippen molar-refractivity contribution in [3.63, 3.8) is 0 Å². The fraction of sp³-hybridized carbons (Fsp3) is 0.538. The van der Waals surface area contributed by atoms with Gasteiger partial charge in [0, 0.05) is 18.5 Å². The molecule has 0 fully saturated rings. The van der Waals surface area contributed by atoms with Gasteiger partial charge < -0.3 is 10.2 Å². The van der Waals surface area contributed by atoms with Crippen LogP contribution in [-0.2, 0) is 0 Å². The van der Waals surface area contributed by atoms with Crippen LogP contribution >= 0.6 is 11.3 Å². The number of urea groups is 1.